The maximum absolute atomic E-state index is 9.46. The van der Waals surface area contributed by atoms with Crippen LogP contribution in [0.3, 0.4) is 0 Å². The Hall–Kier alpha value is -1.86. The summed E-state index contributed by atoms with van der Waals surface area (Å²) in [5.74, 6) is 0.985. The topological polar surface area (TPSA) is 61.3 Å². The van der Waals surface area contributed by atoms with Crippen molar-refractivity contribution in [3.05, 3.63) is 35.9 Å². The summed E-state index contributed by atoms with van der Waals surface area (Å²) in [4.78, 5) is 4.34. The van der Waals surface area contributed by atoms with Gasteiger partial charge in [-0.25, -0.2) is 4.98 Å². The summed E-state index contributed by atoms with van der Waals surface area (Å²) >= 11 is 0. The zero-order valence-electron chi connectivity index (χ0n) is 9.96. The second kappa shape index (κ2) is 4.56. The lowest BCUT2D eigenvalue weighted by molar-refractivity contribution is 0.231. The third-order valence-corrected chi connectivity index (χ3v) is 3.01. The van der Waals surface area contributed by atoms with Gasteiger partial charge >= 0.3 is 0 Å². The lowest BCUT2D eigenvalue weighted by atomic mass is 9.96. The van der Waals surface area contributed by atoms with Crippen LogP contribution in [-0.2, 0) is 0 Å². The molecule has 1 unspecified atom stereocenters. The Morgan fingerprint density at radius 3 is 2.82 bits per heavy atom. The minimum atomic E-state index is -0.0491. The van der Waals surface area contributed by atoms with E-state index in [1.54, 1.807) is 0 Å². The molecule has 0 radical (unpaired) electrons. The summed E-state index contributed by atoms with van der Waals surface area (Å²) < 4.78 is 1.89. The number of nitrogens with zero attached hydrogens (tertiary/aromatic N) is 3. The first-order valence-electron chi connectivity index (χ1n) is 5.67. The van der Waals surface area contributed by atoms with E-state index in [-0.39, 0.29) is 18.4 Å². The largest absolute Gasteiger partial charge is 0.396 e. The summed E-state index contributed by atoms with van der Waals surface area (Å²) in [6, 6.07) is 7.74. The number of aliphatic hydroxyl groups is 1. The van der Waals surface area contributed by atoms with Crippen LogP contribution in [0.2, 0.25) is 0 Å². The number of rotatable bonds is 3. The van der Waals surface area contributed by atoms with Gasteiger partial charge in [0.15, 0.2) is 5.69 Å². The predicted molar refractivity (Wildman–Crippen MR) is 64.6 cm³/mol. The first-order chi connectivity index (χ1) is 8.19. The van der Waals surface area contributed by atoms with Crippen LogP contribution in [-0.4, -0.2) is 21.1 Å². The van der Waals surface area contributed by atoms with E-state index in [1.807, 2.05) is 42.6 Å². The van der Waals surface area contributed by atoms with Gasteiger partial charge in [-0.05, 0) is 18.1 Å². The van der Waals surface area contributed by atoms with Crippen molar-refractivity contribution in [2.45, 2.75) is 19.8 Å². The Morgan fingerprint density at radius 1 is 1.47 bits per heavy atom. The summed E-state index contributed by atoms with van der Waals surface area (Å²) in [5.41, 5.74) is 1.21. The molecule has 2 heterocycles. The van der Waals surface area contributed by atoms with Gasteiger partial charge in [-0.15, -0.1) is 0 Å². The monoisotopic (exact) mass is 229 g/mol. The van der Waals surface area contributed by atoms with E-state index in [1.165, 1.54) is 0 Å². The molecule has 1 atom stereocenters. The van der Waals surface area contributed by atoms with Gasteiger partial charge in [0.05, 0.1) is 12.1 Å². The first-order valence-corrected chi connectivity index (χ1v) is 5.67. The number of imidazole rings is 1. The smallest absolute Gasteiger partial charge is 0.166 e. The molecule has 1 N–H and O–H groups in total. The molecule has 0 aliphatic heterocycles. The molecule has 0 aliphatic rings. The van der Waals surface area contributed by atoms with Crippen molar-refractivity contribution in [1.29, 1.82) is 5.26 Å². The molecule has 2 aromatic heterocycles. The normalized spacial score (nSPS) is 12.9. The van der Waals surface area contributed by atoms with Gasteiger partial charge < -0.3 is 9.51 Å². The van der Waals surface area contributed by atoms with E-state index >= 15 is 0 Å². The van der Waals surface area contributed by atoms with Crippen LogP contribution < -0.4 is 0 Å². The number of hydrogen-bond acceptors (Lipinski definition) is 3. The molecular formula is C13H15N3O. The number of aliphatic hydroxyl groups excluding tert-OH is 1. The molecule has 0 amide bonds. The van der Waals surface area contributed by atoms with Gasteiger partial charge in [-0.2, -0.15) is 5.26 Å². The Kier molecular flexibility index (Phi) is 3.12. The molecule has 0 saturated heterocycles. The molecule has 2 aromatic rings. The molecule has 17 heavy (non-hydrogen) atoms. The van der Waals surface area contributed by atoms with E-state index in [2.05, 4.69) is 11.1 Å². The number of fused-ring (bicyclic) bond motifs is 1. The average Bonchev–Trinajstić information content (AvgIpc) is 2.69. The second-order valence-electron chi connectivity index (χ2n) is 4.42. The van der Waals surface area contributed by atoms with Crippen LogP contribution in [0.4, 0.5) is 0 Å². The van der Waals surface area contributed by atoms with Crippen molar-refractivity contribution in [3.63, 3.8) is 0 Å². The van der Waals surface area contributed by atoms with Gasteiger partial charge in [-0.3, -0.25) is 0 Å². The highest BCUT2D eigenvalue weighted by Gasteiger charge is 2.21. The third-order valence-electron chi connectivity index (χ3n) is 3.01. The van der Waals surface area contributed by atoms with E-state index in [0.29, 0.717) is 5.69 Å². The first kappa shape index (κ1) is 11.6. The average molecular weight is 229 g/mol. The van der Waals surface area contributed by atoms with Gasteiger partial charge in [0, 0.05) is 12.1 Å². The third kappa shape index (κ3) is 1.90. The van der Waals surface area contributed by atoms with Crippen LogP contribution in [0.25, 0.3) is 5.52 Å². The highest BCUT2D eigenvalue weighted by atomic mass is 16.3. The number of nitriles is 1. The molecular weight excluding hydrogens is 214 g/mol. The Balaban J connectivity index is 2.66. The predicted octanol–water partition coefficient (Wildman–Crippen LogP) is 1.94. The molecule has 0 spiro atoms. The van der Waals surface area contributed by atoms with Crippen molar-refractivity contribution in [2.75, 3.05) is 6.61 Å². The zero-order chi connectivity index (χ0) is 12.4. The molecule has 88 valence electrons. The van der Waals surface area contributed by atoms with Crippen molar-refractivity contribution in [1.82, 2.24) is 9.38 Å². The van der Waals surface area contributed by atoms with Gasteiger partial charge in [0.1, 0.15) is 11.9 Å². The summed E-state index contributed by atoms with van der Waals surface area (Å²) in [5, 5.41) is 18.5. The fourth-order valence-electron chi connectivity index (χ4n) is 2.00. The number of hydrogen-bond donors (Lipinski definition) is 1. The Bertz CT molecular complexity index is 566. The summed E-state index contributed by atoms with van der Waals surface area (Å²) in [6.07, 6.45) is 1.88. The van der Waals surface area contributed by atoms with E-state index < -0.39 is 0 Å². The van der Waals surface area contributed by atoms with Crippen molar-refractivity contribution >= 4 is 5.52 Å². The van der Waals surface area contributed by atoms with Crippen LogP contribution in [0.5, 0.6) is 0 Å². The summed E-state index contributed by atoms with van der Waals surface area (Å²) in [6.45, 7) is 4.12. The number of aromatic nitrogens is 2. The Morgan fingerprint density at radius 2 is 2.24 bits per heavy atom. The quantitative estimate of drug-likeness (QED) is 0.874. The van der Waals surface area contributed by atoms with Crippen LogP contribution in [0.15, 0.2) is 24.4 Å². The zero-order valence-corrected chi connectivity index (χ0v) is 9.96. The van der Waals surface area contributed by atoms with E-state index in [0.717, 1.165) is 11.3 Å². The summed E-state index contributed by atoms with van der Waals surface area (Å²) in [7, 11) is 0. The van der Waals surface area contributed by atoms with Crippen LogP contribution >= 0.6 is 0 Å². The molecule has 4 heteroatoms. The van der Waals surface area contributed by atoms with E-state index in [4.69, 9.17) is 5.26 Å². The standard InChI is InChI=1S/C13H15N3O/c1-9(2)10(8-17)13-15-11(7-14)12-5-3-4-6-16(12)13/h3-6,9-10,17H,8H2,1-2H3. The van der Waals surface area contributed by atoms with Crippen LogP contribution in [0.1, 0.15) is 31.3 Å². The minimum absolute atomic E-state index is 0.0382. The van der Waals surface area contributed by atoms with Crippen molar-refractivity contribution < 1.29 is 5.11 Å². The maximum atomic E-state index is 9.46. The highest BCUT2D eigenvalue weighted by Crippen LogP contribution is 2.25. The Labute approximate surface area is 100 Å². The molecule has 0 aliphatic carbocycles. The lowest BCUT2D eigenvalue weighted by Gasteiger charge is -2.16. The van der Waals surface area contributed by atoms with E-state index in [9.17, 15) is 5.11 Å². The SMILES string of the molecule is CC(C)C(CO)c1nc(C#N)c2ccccn12. The van der Waals surface area contributed by atoms with Crippen molar-refractivity contribution in [3.8, 4) is 6.07 Å². The van der Waals surface area contributed by atoms with Crippen molar-refractivity contribution in [2.24, 2.45) is 5.92 Å². The molecule has 0 fully saturated rings. The van der Waals surface area contributed by atoms with Gasteiger partial charge in [0.25, 0.3) is 0 Å². The maximum Gasteiger partial charge on any atom is 0.166 e. The van der Waals surface area contributed by atoms with Crippen LogP contribution in [0, 0.1) is 17.2 Å². The van der Waals surface area contributed by atoms with Gasteiger partial charge in [0.2, 0.25) is 0 Å². The fourth-order valence-corrected chi connectivity index (χ4v) is 2.00. The fraction of sp³-hybridized carbons (Fsp3) is 0.385. The minimum Gasteiger partial charge on any atom is -0.396 e. The molecule has 2 rings (SSSR count). The number of pyridine rings is 1. The molecule has 4 nitrogen and oxygen atoms in total. The lowest BCUT2D eigenvalue weighted by Crippen LogP contribution is -2.14. The molecule has 0 aromatic carbocycles. The molecule has 0 saturated carbocycles. The highest BCUT2D eigenvalue weighted by molar-refractivity contribution is 5.58. The second-order valence-corrected chi connectivity index (χ2v) is 4.42. The van der Waals surface area contributed by atoms with Gasteiger partial charge in [-0.1, -0.05) is 19.9 Å². The molecule has 0 bridgehead atoms.